The van der Waals surface area contributed by atoms with E-state index in [-0.39, 0.29) is 87.5 Å². The molecule has 23 N–H and O–H groups in total. The van der Waals surface area contributed by atoms with Crippen molar-refractivity contribution >= 4 is 101 Å². The van der Waals surface area contributed by atoms with Gasteiger partial charge in [-0.1, -0.05) is 69.3 Å². The predicted octanol–water partition coefficient (Wildman–Crippen LogP) is -2.93. The molecule has 80 heavy (non-hydrogen) atoms. The zero-order chi connectivity index (χ0) is 59.7. The van der Waals surface area contributed by atoms with Gasteiger partial charge in [0, 0.05) is 61.1 Å². The summed E-state index contributed by atoms with van der Waals surface area (Å²) in [4.78, 5) is 126. The first-order chi connectivity index (χ1) is 37.7. The van der Waals surface area contributed by atoms with Crippen molar-refractivity contribution < 1.29 is 43.5 Å². The molecule has 0 saturated heterocycles. The Hall–Kier alpha value is -7.79. The lowest BCUT2D eigenvalue weighted by Gasteiger charge is -2.34. The number of carboxylic acid groups (broad SMARTS) is 1. The summed E-state index contributed by atoms with van der Waals surface area (Å²) in [5.41, 5.74) is 40.7. The molecule has 27 nitrogen and oxygen atoms in total. The van der Waals surface area contributed by atoms with E-state index in [1.54, 1.807) is 42.6 Å². The maximum Gasteiger partial charge on any atom is 0.327 e. The van der Waals surface area contributed by atoms with Crippen molar-refractivity contribution in [2.24, 2.45) is 66.4 Å². The molecule has 9 atom stereocenters. The van der Waals surface area contributed by atoms with Gasteiger partial charge in [-0.05, 0) is 67.6 Å². The summed E-state index contributed by atoms with van der Waals surface area (Å²) in [7, 11) is 0. The van der Waals surface area contributed by atoms with E-state index in [9.17, 15) is 43.5 Å². The van der Waals surface area contributed by atoms with Gasteiger partial charge in [-0.3, -0.25) is 48.5 Å². The molecule has 2 aromatic carbocycles. The Bertz CT molecular complexity index is 2650. The third-order valence-corrected chi connectivity index (χ3v) is 13.5. The Kier molecular flexibility index (Phi) is 27.4. The number of fused-ring (bicyclic) bond motifs is 1. The highest BCUT2D eigenvalue weighted by Crippen LogP contribution is 2.30. The van der Waals surface area contributed by atoms with Crippen LogP contribution in [-0.4, -0.2) is 155 Å². The molecule has 440 valence electrons. The number of thiol groups is 2. The van der Waals surface area contributed by atoms with Crippen LogP contribution in [0, 0.1) is 11.3 Å². The number of rotatable bonds is 33. The lowest BCUT2D eigenvalue weighted by molar-refractivity contribution is -0.141. The summed E-state index contributed by atoms with van der Waals surface area (Å²) in [6.45, 7) is 7.28. The quantitative estimate of drug-likeness (QED) is 0.0126. The zero-order valence-electron chi connectivity index (χ0n) is 45.4. The molecular weight excluding hydrogens is 1070 g/mol. The van der Waals surface area contributed by atoms with Crippen molar-refractivity contribution in [3.05, 3.63) is 71.9 Å². The number of hydrogen-bond donors (Lipinski definition) is 18. The Morgan fingerprint density at radius 2 is 1.05 bits per heavy atom. The van der Waals surface area contributed by atoms with Crippen LogP contribution in [-0.2, 0) is 51.2 Å². The second kappa shape index (κ2) is 33.0. The number of aliphatic carboxylic acids is 1. The predicted molar refractivity (Wildman–Crippen MR) is 313 cm³/mol. The molecule has 0 radical (unpaired) electrons. The number of aromatic nitrogens is 1. The number of nitrogens with zero attached hydrogens (tertiary/aromatic N) is 3. The van der Waals surface area contributed by atoms with Crippen molar-refractivity contribution in [2.45, 2.75) is 121 Å². The standard InChI is InChI=1S/C51H80N18O9S2/c1-27(63-46(76)38(25-79)68-41(71)32(52)15-10-18-59-48(53)54)40(70)64-34(17-11-19-60-49(55)56)42(72)65-35(20-28-12-6-5-7-13-28)43(73)67-37(22-30(51(2,3)4)24-62-50(57)58)45(75)66-36(44(74)69-39(26-80)47(77)78)21-29-23-61-33-16-9-8-14-31(29)33/h5-9,12-14,16,23,27,30,32,34-39,61,79-80H,10-11,15,17-22,24-26,52H2,1-4H3,(H,63,76)(H,64,70)(H,65,72)(H,66,75)(H,67,73)(H,68,71)(H,69,74)(H,77,78)(H4,53,54,59)(H4,55,56,60)(H4,57,58,62)/t27-,30?,32+,34+,35-,36-,37+,38+,39+/m1/s1. The first-order valence-electron chi connectivity index (χ1n) is 25.8. The number of aliphatic imine (C=N–C) groups is 3. The third-order valence-electron chi connectivity index (χ3n) is 12.8. The number of nitrogens with one attached hydrogen (secondary N) is 8. The SMILES string of the molecule is C[C@@H](NC(=O)[C@H](CS)NC(=O)[C@@H](N)CCCN=C(N)N)C(=O)N[C@@H](CCCN=C(N)N)C(=O)N[C@H](Cc1ccccc1)C(=O)N[C@@H](CC(CN=C(N)N)C(C)(C)C)C(=O)N[C@H](Cc1c[nH]c2ccccc12)C(=O)N[C@@H](CS)C(=O)O. The number of amides is 7. The molecular formula is C51H80N18O9S2. The molecule has 0 aliphatic rings. The van der Waals surface area contributed by atoms with Crippen LogP contribution in [0.1, 0.15) is 70.9 Å². The Morgan fingerprint density at radius 1 is 0.575 bits per heavy atom. The molecule has 0 saturated carbocycles. The summed E-state index contributed by atoms with van der Waals surface area (Å²) < 4.78 is 0. The normalized spacial score (nSPS) is 14.6. The van der Waals surface area contributed by atoms with Crippen molar-refractivity contribution in [2.75, 3.05) is 31.1 Å². The minimum atomic E-state index is -1.45. The fourth-order valence-electron chi connectivity index (χ4n) is 8.07. The topological polar surface area (TPSA) is 476 Å². The molecule has 3 rings (SSSR count). The number of benzene rings is 2. The molecule has 1 unspecified atom stereocenters. The Balaban J connectivity index is 2.02. The lowest BCUT2D eigenvalue weighted by Crippen LogP contribution is -2.61. The van der Waals surface area contributed by atoms with Crippen molar-refractivity contribution in [3.63, 3.8) is 0 Å². The summed E-state index contributed by atoms with van der Waals surface area (Å²) in [5.74, 6) is -8.53. The minimum absolute atomic E-state index is 0.0120. The minimum Gasteiger partial charge on any atom is -0.480 e. The van der Waals surface area contributed by atoms with E-state index in [2.05, 4.69) is 82.4 Å². The summed E-state index contributed by atoms with van der Waals surface area (Å²) in [6, 6.07) is 5.25. The first kappa shape index (κ1) is 66.5. The van der Waals surface area contributed by atoms with Gasteiger partial charge in [0.2, 0.25) is 41.4 Å². The number of carbonyl (C=O) groups is 8. The van der Waals surface area contributed by atoms with Gasteiger partial charge in [0.1, 0.15) is 42.3 Å². The number of H-pyrrole nitrogens is 1. The first-order valence-corrected chi connectivity index (χ1v) is 27.1. The number of aromatic amines is 1. The molecule has 29 heteroatoms. The van der Waals surface area contributed by atoms with Gasteiger partial charge in [-0.2, -0.15) is 25.3 Å². The molecule has 0 fully saturated rings. The van der Waals surface area contributed by atoms with Gasteiger partial charge in [-0.15, -0.1) is 0 Å². The highest BCUT2D eigenvalue weighted by Gasteiger charge is 2.37. The fourth-order valence-corrected chi connectivity index (χ4v) is 8.57. The van der Waals surface area contributed by atoms with Crippen LogP contribution in [0.2, 0.25) is 0 Å². The molecule has 1 heterocycles. The maximum absolute atomic E-state index is 14.9. The average Bonchev–Trinajstić information content (AvgIpc) is 3.81. The number of carbonyl (C=O) groups excluding carboxylic acids is 7. The fraction of sp³-hybridized carbons (Fsp3) is 0.510. The number of para-hydroxylation sites is 1. The molecule has 0 spiro atoms. The maximum atomic E-state index is 14.9. The highest BCUT2D eigenvalue weighted by molar-refractivity contribution is 7.80. The van der Waals surface area contributed by atoms with Crippen molar-refractivity contribution in [1.82, 2.24) is 42.2 Å². The van der Waals surface area contributed by atoms with Crippen LogP contribution in [0.3, 0.4) is 0 Å². The molecule has 1 aromatic heterocycles. The van der Waals surface area contributed by atoms with Gasteiger partial charge in [0.15, 0.2) is 17.9 Å². The van der Waals surface area contributed by atoms with Crippen LogP contribution in [0.5, 0.6) is 0 Å². The zero-order valence-corrected chi connectivity index (χ0v) is 47.2. The van der Waals surface area contributed by atoms with E-state index in [0.29, 0.717) is 17.5 Å². The molecule has 3 aromatic rings. The van der Waals surface area contributed by atoms with Crippen LogP contribution in [0.4, 0.5) is 0 Å². The molecule has 0 aliphatic heterocycles. The van der Waals surface area contributed by atoms with E-state index in [4.69, 9.17) is 40.1 Å². The number of carboxylic acids is 1. The van der Waals surface area contributed by atoms with E-state index < -0.39 is 107 Å². The largest absolute Gasteiger partial charge is 0.480 e. The van der Waals surface area contributed by atoms with Gasteiger partial charge in [0.25, 0.3) is 0 Å². The smallest absolute Gasteiger partial charge is 0.327 e. The monoisotopic (exact) mass is 1150 g/mol. The molecule has 0 aliphatic carbocycles. The van der Waals surface area contributed by atoms with Gasteiger partial charge in [-0.25, -0.2) is 4.79 Å². The van der Waals surface area contributed by atoms with Crippen molar-refractivity contribution in [1.29, 1.82) is 0 Å². The summed E-state index contributed by atoms with van der Waals surface area (Å²) >= 11 is 8.30. The molecule has 0 bridgehead atoms. The van der Waals surface area contributed by atoms with Crippen LogP contribution in [0.15, 0.2) is 75.8 Å². The van der Waals surface area contributed by atoms with Crippen LogP contribution < -0.4 is 77.4 Å². The molecule has 7 amide bonds. The van der Waals surface area contributed by atoms with E-state index in [0.717, 1.165) is 10.9 Å². The summed E-state index contributed by atoms with van der Waals surface area (Å²) in [5, 5.41) is 29.0. The third kappa shape index (κ3) is 22.9. The van der Waals surface area contributed by atoms with Crippen LogP contribution >= 0.6 is 25.3 Å². The van der Waals surface area contributed by atoms with E-state index >= 15 is 0 Å². The van der Waals surface area contributed by atoms with Gasteiger partial charge in [0.05, 0.1) is 6.04 Å². The number of guanidine groups is 3. The Labute approximate surface area is 475 Å². The van der Waals surface area contributed by atoms with E-state index in [1.807, 2.05) is 39.0 Å². The second-order valence-corrected chi connectivity index (χ2v) is 20.9. The van der Waals surface area contributed by atoms with Crippen molar-refractivity contribution in [3.8, 4) is 0 Å². The van der Waals surface area contributed by atoms with Gasteiger partial charge >= 0.3 is 5.97 Å². The Morgan fingerprint density at radius 3 is 1.61 bits per heavy atom. The average molecular weight is 1150 g/mol. The summed E-state index contributed by atoms with van der Waals surface area (Å²) in [6.07, 6.45) is 1.94. The highest BCUT2D eigenvalue weighted by atomic mass is 32.1. The number of hydrogen-bond acceptors (Lipinski definition) is 14. The van der Waals surface area contributed by atoms with Crippen LogP contribution in [0.25, 0.3) is 10.9 Å². The second-order valence-electron chi connectivity index (χ2n) is 20.1. The number of nitrogens with two attached hydrogens (primary N) is 7. The van der Waals surface area contributed by atoms with E-state index in [1.165, 1.54) is 6.92 Å². The lowest BCUT2D eigenvalue weighted by atomic mass is 9.77. The van der Waals surface area contributed by atoms with Gasteiger partial charge < -0.3 is 87.4 Å².